The molecule has 7 nitrogen and oxygen atoms in total. The van der Waals surface area contributed by atoms with Gasteiger partial charge < -0.3 is 10.2 Å². The molecule has 0 aliphatic carbocycles. The monoisotopic (exact) mass is 595 g/mol. The van der Waals surface area contributed by atoms with Gasteiger partial charge in [-0.25, -0.2) is 8.42 Å². The summed E-state index contributed by atoms with van der Waals surface area (Å²) in [6.07, 6.45) is 0. The maximum absolute atomic E-state index is 13.8. The molecule has 0 aliphatic rings. The van der Waals surface area contributed by atoms with Crippen molar-refractivity contribution in [2.45, 2.75) is 38.3 Å². The molecule has 11 heteroatoms. The number of carbonyl (C=O) groups excluding carboxylic acids is 2. The minimum Gasteiger partial charge on any atom is -0.355 e. The Morgan fingerprint density at radius 1 is 0.921 bits per heavy atom. The number of nitrogens with zero attached hydrogens (tertiary/aromatic N) is 2. The first-order chi connectivity index (χ1) is 17.9. The molecule has 0 aliphatic heterocycles. The van der Waals surface area contributed by atoms with E-state index in [0.717, 1.165) is 9.87 Å². The standard InChI is InChI=1S/C27H28Cl3N3O4S/c1-4-31-27(35)19(3)32(16-20-7-5-6-8-23(20)28)26(34)17-33(21-11-14-24(29)25(30)15-21)38(36,37)22-12-9-18(2)10-13-22/h5-15,19H,4,16-17H2,1-3H3,(H,31,35). The first kappa shape index (κ1) is 29.8. The van der Waals surface area contributed by atoms with Gasteiger partial charge in [0, 0.05) is 18.1 Å². The van der Waals surface area contributed by atoms with Crippen molar-refractivity contribution in [1.82, 2.24) is 10.2 Å². The maximum atomic E-state index is 13.8. The fraction of sp³-hybridized carbons (Fsp3) is 0.259. The molecule has 1 atom stereocenters. The van der Waals surface area contributed by atoms with E-state index in [0.29, 0.717) is 17.1 Å². The van der Waals surface area contributed by atoms with E-state index < -0.39 is 28.5 Å². The molecule has 0 bridgehead atoms. The van der Waals surface area contributed by atoms with E-state index in [1.165, 1.54) is 35.2 Å². The molecule has 1 N–H and O–H groups in total. The average molecular weight is 597 g/mol. The number of nitrogens with one attached hydrogen (secondary N) is 1. The first-order valence-corrected chi connectivity index (χ1v) is 14.4. The van der Waals surface area contributed by atoms with Crippen molar-refractivity contribution in [3.05, 3.63) is 92.9 Å². The molecule has 0 radical (unpaired) electrons. The summed E-state index contributed by atoms with van der Waals surface area (Å²) in [5, 5.41) is 3.49. The smallest absolute Gasteiger partial charge is 0.264 e. The summed E-state index contributed by atoms with van der Waals surface area (Å²) in [5.41, 5.74) is 1.64. The molecule has 0 saturated carbocycles. The highest BCUT2D eigenvalue weighted by molar-refractivity contribution is 7.92. The quantitative estimate of drug-likeness (QED) is 0.325. The molecular weight excluding hydrogens is 569 g/mol. The summed E-state index contributed by atoms with van der Waals surface area (Å²) >= 11 is 18.6. The molecular formula is C27H28Cl3N3O4S. The largest absolute Gasteiger partial charge is 0.355 e. The zero-order chi connectivity index (χ0) is 28.0. The van der Waals surface area contributed by atoms with Crippen molar-refractivity contribution < 1.29 is 18.0 Å². The summed E-state index contributed by atoms with van der Waals surface area (Å²) in [6.45, 7) is 4.96. The molecule has 0 saturated heterocycles. The average Bonchev–Trinajstić information content (AvgIpc) is 2.88. The van der Waals surface area contributed by atoms with E-state index in [1.54, 1.807) is 50.2 Å². The van der Waals surface area contributed by atoms with Crippen LogP contribution in [0.1, 0.15) is 25.0 Å². The van der Waals surface area contributed by atoms with Crippen molar-refractivity contribution in [3.63, 3.8) is 0 Å². The second kappa shape index (κ2) is 12.8. The Hall–Kier alpha value is -2.78. The van der Waals surface area contributed by atoms with E-state index in [2.05, 4.69) is 5.32 Å². The number of hydrogen-bond acceptors (Lipinski definition) is 4. The van der Waals surface area contributed by atoms with Gasteiger partial charge in [0.2, 0.25) is 11.8 Å². The van der Waals surface area contributed by atoms with E-state index in [1.807, 2.05) is 6.92 Å². The van der Waals surface area contributed by atoms with Gasteiger partial charge in [0.15, 0.2) is 0 Å². The Morgan fingerprint density at radius 2 is 1.58 bits per heavy atom. The molecule has 0 heterocycles. The molecule has 3 aromatic rings. The summed E-state index contributed by atoms with van der Waals surface area (Å²) in [6, 6.07) is 16.6. The summed E-state index contributed by atoms with van der Waals surface area (Å²) in [7, 11) is -4.21. The van der Waals surface area contributed by atoms with Crippen LogP contribution in [0.4, 0.5) is 5.69 Å². The van der Waals surface area contributed by atoms with Crippen LogP contribution in [0.3, 0.4) is 0 Å². The van der Waals surface area contributed by atoms with E-state index in [-0.39, 0.29) is 33.1 Å². The molecule has 0 fully saturated rings. The lowest BCUT2D eigenvalue weighted by atomic mass is 10.1. The predicted molar refractivity (Wildman–Crippen MR) is 152 cm³/mol. The Bertz CT molecular complexity index is 1420. The van der Waals surface area contributed by atoms with Crippen LogP contribution in [-0.2, 0) is 26.2 Å². The molecule has 0 aromatic heterocycles. The zero-order valence-electron chi connectivity index (χ0n) is 21.1. The minimum atomic E-state index is -4.21. The van der Waals surface area contributed by atoms with Crippen LogP contribution >= 0.6 is 34.8 Å². The number of carbonyl (C=O) groups is 2. The third-order valence-corrected chi connectivity index (χ3v) is 8.79. The highest BCUT2D eigenvalue weighted by Crippen LogP contribution is 2.31. The normalized spacial score (nSPS) is 12.1. The molecule has 1 unspecified atom stereocenters. The lowest BCUT2D eigenvalue weighted by Crippen LogP contribution is -2.51. The zero-order valence-corrected chi connectivity index (χ0v) is 24.2. The number of sulfonamides is 1. The molecule has 3 aromatic carbocycles. The van der Waals surface area contributed by atoms with E-state index in [9.17, 15) is 18.0 Å². The number of aryl methyl sites for hydroxylation is 1. The van der Waals surface area contributed by atoms with Crippen LogP contribution in [0.2, 0.25) is 15.1 Å². The third-order valence-electron chi connectivity index (χ3n) is 5.90. The van der Waals surface area contributed by atoms with Gasteiger partial charge in [-0.2, -0.15) is 0 Å². The number of rotatable bonds is 10. The Balaban J connectivity index is 2.07. The molecule has 0 spiro atoms. The fourth-order valence-corrected chi connectivity index (χ4v) is 5.61. The number of benzene rings is 3. The number of likely N-dealkylation sites (N-methyl/N-ethyl adjacent to an activating group) is 1. The number of amides is 2. The van der Waals surface area contributed by atoms with Crippen molar-refractivity contribution in [2.24, 2.45) is 0 Å². The molecule has 38 heavy (non-hydrogen) atoms. The van der Waals surface area contributed by atoms with Crippen LogP contribution in [-0.4, -0.2) is 44.3 Å². The van der Waals surface area contributed by atoms with Crippen LogP contribution in [0.15, 0.2) is 71.6 Å². The van der Waals surface area contributed by atoms with Gasteiger partial charge in [0.25, 0.3) is 10.0 Å². The lowest BCUT2D eigenvalue weighted by molar-refractivity contribution is -0.139. The molecule has 202 valence electrons. The van der Waals surface area contributed by atoms with Crippen LogP contribution < -0.4 is 9.62 Å². The predicted octanol–water partition coefficient (Wildman–Crippen LogP) is 5.70. The SMILES string of the molecule is CCNC(=O)C(C)N(Cc1ccccc1Cl)C(=O)CN(c1ccc(Cl)c(Cl)c1)S(=O)(=O)c1ccc(C)cc1. The maximum Gasteiger partial charge on any atom is 0.264 e. The Labute approximate surface area is 238 Å². The van der Waals surface area contributed by atoms with E-state index >= 15 is 0 Å². The lowest BCUT2D eigenvalue weighted by Gasteiger charge is -2.32. The van der Waals surface area contributed by atoms with Crippen molar-refractivity contribution in [1.29, 1.82) is 0 Å². The minimum absolute atomic E-state index is 0.00333. The van der Waals surface area contributed by atoms with Gasteiger partial charge >= 0.3 is 0 Å². The van der Waals surface area contributed by atoms with Crippen molar-refractivity contribution in [3.8, 4) is 0 Å². The highest BCUT2D eigenvalue weighted by atomic mass is 35.5. The van der Waals surface area contributed by atoms with Crippen molar-refractivity contribution >= 4 is 62.3 Å². The van der Waals surface area contributed by atoms with Gasteiger partial charge in [-0.05, 0) is 62.7 Å². The summed E-state index contributed by atoms with van der Waals surface area (Å²) in [5.74, 6) is -0.985. The molecule has 2 amide bonds. The van der Waals surface area contributed by atoms with Gasteiger partial charge in [-0.1, -0.05) is 70.7 Å². The van der Waals surface area contributed by atoms with Crippen molar-refractivity contribution in [2.75, 3.05) is 17.4 Å². The first-order valence-electron chi connectivity index (χ1n) is 11.8. The second-order valence-electron chi connectivity index (χ2n) is 8.61. The van der Waals surface area contributed by atoms with Crippen LogP contribution in [0.25, 0.3) is 0 Å². The molecule has 3 rings (SSSR count). The number of halogens is 3. The van der Waals surface area contributed by atoms with Gasteiger partial charge in [0.1, 0.15) is 12.6 Å². The van der Waals surface area contributed by atoms with E-state index in [4.69, 9.17) is 34.8 Å². The van der Waals surface area contributed by atoms with Gasteiger partial charge in [0.05, 0.1) is 20.6 Å². The summed E-state index contributed by atoms with van der Waals surface area (Å²) < 4.78 is 28.6. The summed E-state index contributed by atoms with van der Waals surface area (Å²) in [4.78, 5) is 27.9. The number of anilines is 1. The van der Waals surface area contributed by atoms with Gasteiger partial charge in [-0.3, -0.25) is 13.9 Å². The Morgan fingerprint density at radius 3 is 2.18 bits per heavy atom. The van der Waals surface area contributed by atoms with Crippen LogP contribution in [0, 0.1) is 6.92 Å². The third kappa shape index (κ3) is 6.99. The van der Waals surface area contributed by atoms with Gasteiger partial charge in [-0.15, -0.1) is 0 Å². The Kier molecular flexibility index (Phi) is 10.1. The topological polar surface area (TPSA) is 86.8 Å². The van der Waals surface area contributed by atoms with Crippen LogP contribution in [0.5, 0.6) is 0 Å². The fourth-order valence-electron chi connectivity index (χ4n) is 3.72. The highest BCUT2D eigenvalue weighted by Gasteiger charge is 2.33. The second-order valence-corrected chi connectivity index (χ2v) is 11.7. The number of hydrogen-bond donors (Lipinski definition) is 1.